The molecule has 2 aliphatic heterocycles. The van der Waals surface area contributed by atoms with Gasteiger partial charge < -0.3 is 19.4 Å². The molecule has 0 spiro atoms. The van der Waals surface area contributed by atoms with E-state index in [2.05, 4.69) is 56.0 Å². The van der Waals surface area contributed by atoms with Gasteiger partial charge in [0.1, 0.15) is 23.7 Å². The molecule has 340 valence electrons. The van der Waals surface area contributed by atoms with Crippen molar-refractivity contribution < 1.29 is 37.4 Å². The van der Waals surface area contributed by atoms with E-state index >= 15 is 0 Å². The number of fused-ring (bicyclic) bond motifs is 6. The van der Waals surface area contributed by atoms with E-state index in [4.69, 9.17) is 14.5 Å². The number of aryl methyl sites for hydroxylation is 1. The Balaban J connectivity index is 1.53. The number of pyridine rings is 1. The number of hydrogen-bond acceptors (Lipinski definition) is 8. The average Bonchev–Trinajstić information content (AvgIpc) is 3.52. The monoisotopic (exact) mass is 870 g/mol. The Hall–Kier alpha value is -5.37. The van der Waals surface area contributed by atoms with Gasteiger partial charge in [0.25, 0.3) is 12.3 Å². The van der Waals surface area contributed by atoms with Gasteiger partial charge in [0.15, 0.2) is 0 Å². The van der Waals surface area contributed by atoms with Crippen molar-refractivity contribution in [2.24, 2.45) is 11.3 Å². The highest BCUT2D eigenvalue weighted by atomic mass is 19.3. The third-order valence-electron chi connectivity index (χ3n) is 11.8. The van der Waals surface area contributed by atoms with Gasteiger partial charge in [0.2, 0.25) is 5.91 Å². The van der Waals surface area contributed by atoms with E-state index in [-0.39, 0.29) is 31.1 Å². The van der Waals surface area contributed by atoms with Gasteiger partial charge in [-0.25, -0.2) is 19.0 Å². The fourth-order valence-corrected chi connectivity index (χ4v) is 8.89. The van der Waals surface area contributed by atoms with Crippen molar-refractivity contribution in [1.82, 2.24) is 30.2 Å². The van der Waals surface area contributed by atoms with Crippen LogP contribution in [-0.4, -0.2) is 87.3 Å². The number of nitrogens with one attached hydrogen (secondary N) is 2. The number of ether oxygens (including phenoxy) is 2. The van der Waals surface area contributed by atoms with Crippen LogP contribution < -0.4 is 10.7 Å². The Kier molecular flexibility index (Phi) is 14.0. The van der Waals surface area contributed by atoms with Crippen molar-refractivity contribution in [2.45, 2.75) is 138 Å². The summed E-state index contributed by atoms with van der Waals surface area (Å²) in [5.41, 5.74) is 8.00. The van der Waals surface area contributed by atoms with Crippen LogP contribution in [0.15, 0.2) is 54.7 Å². The van der Waals surface area contributed by atoms with Crippen LogP contribution in [0.5, 0.6) is 0 Å². The minimum Gasteiger partial charge on any atom is -0.464 e. The second-order valence-corrected chi connectivity index (χ2v) is 19.5. The van der Waals surface area contributed by atoms with Gasteiger partial charge in [-0.2, -0.15) is 0 Å². The lowest BCUT2D eigenvalue weighted by Gasteiger charge is -2.37. The van der Waals surface area contributed by atoms with Crippen molar-refractivity contribution in [2.75, 3.05) is 20.2 Å². The number of likely N-dealkylation sites (N-methyl/N-ethyl adjacent to an activating group) is 1. The van der Waals surface area contributed by atoms with E-state index in [9.17, 15) is 28.0 Å². The van der Waals surface area contributed by atoms with Gasteiger partial charge in [-0.1, -0.05) is 59.7 Å². The minimum atomic E-state index is -2.83. The molecule has 2 aromatic heterocycles. The average molecular weight is 871 g/mol. The molecule has 1 fully saturated rings. The number of esters is 1. The Morgan fingerprint density at radius 2 is 1.79 bits per heavy atom. The topological polar surface area (TPSA) is 135 Å². The van der Waals surface area contributed by atoms with Crippen molar-refractivity contribution in [3.8, 4) is 22.4 Å². The molecule has 4 heterocycles. The summed E-state index contributed by atoms with van der Waals surface area (Å²) in [6, 6.07) is 11.5. The molecule has 4 aromatic rings. The zero-order valence-corrected chi connectivity index (χ0v) is 38.6. The number of carbonyl (C=O) groups excluding carboxylic acids is 4. The number of nitrogens with zero attached hydrogens (tertiary/aromatic N) is 4. The molecule has 6 rings (SSSR count). The molecular formula is C49H64F2N6O6. The lowest BCUT2D eigenvalue weighted by Crippen LogP contribution is -2.62. The Morgan fingerprint density at radius 3 is 2.44 bits per heavy atom. The van der Waals surface area contributed by atoms with Crippen molar-refractivity contribution >= 4 is 34.8 Å². The summed E-state index contributed by atoms with van der Waals surface area (Å²) in [5.74, 6) is -1.98. The molecule has 3 atom stereocenters. The number of rotatable bonds is 8. The highest BCUT2D eigenvalue weighted by Gasteiger charge is 2.38. The second kappa shape index (κ2) is 18.8. The largest absolute Gasteiger partial charge is 0.464 e. The zero-order valence-electron chi connectivity index (χ0n) is 38.6. The lowest BCUT2D eigenvalue weighted by atomic mass is 9.83. The number of alkyl halides is 2. The first-order chi connectivity index (χ1) is 29.6. The molecule has 0 aliphatic carbocycles. The van der Waals surface area contributed by atoms with Crippen molar-refractivity contribution in [1.29, 1.82) is 0 Å². The molecule has 3 amide bonds. The highest BCUT2D eigenvalue weighted by Crippen LogP contribution is 2.42. The third-order valence-corrected chi connectivity index (χ3v) is 11.8. The maximum atomic E-state index is 14.9. The zero-order chi connectivity index (χ0) is 46.1. The quantitative estimate of drug-likeness (QED) is 0.168. The van der Waals surface area contributed by atoms with Crippen LogP contribution in [0.4, 0.5) is 13.6 Å². The number of cyclic esters (lactones) is 1. The van der Waals surface area contributed by atoms with E-state index in [0.717, 1.165) is 33.4 Å². The SMILES string of the molecule is CCn1c(-c2cccnc2C(C)C)c2c3cc(ccc31)-c1cc(cc(C(F)F)c1)C[C@H](NC(=O)[C@H](C(C)C)N(C)C(=O)OC(C)(C)C)C(=O)N1CCC[C@H](N1)C(=O)OCC(C)(C)C2. The molecule has 12 nitrogen and oxygen atoms in total. The first-order valence-electron chi connectivity index (χ1n) is 22.1. The summed E-state index contributed by atoms with van der Waals surface area (Å²) in [5, 5.41) is 5.13. The summed E-state index contributed by atoms with van der Waals surface area (Å²) >= 11 is 0. The van der Waals surface area contributed by atoms with Gasteiger partial charge in [0.05, 0.1) is 18.0 Å². The summed E-state index contributed by atoms with van der Waals surface area (Å²) in [4.78, 5) is 62.0. The van der Waals surface area contributed by atoms with Crippen LogP contribution in [0, 0.1) is 11.3 Å². The smallest absolute Gasteiger partial charge is 0.410 e. The maximum Gasteiger partial charge on any atom is 0.410 e. The third kappa shape index (κ3) is 10.5. The minimum absolute atomic E-state index is 0.0835. The summed E-state index contributed by atoms with van der Waals surface area (Å²) in [6.45, 7) is 20.1. The number of hydrazine groups is 1. The van der Waals surface area contributed by atoms with E-state index < -0.39 is 65.4 Å². The van der Waals surface area contributed by atoms with Crippen molar-refractivity contribution in [3.05, 3.63) is 77.1 Å². The fourth-order valence-electron chi connectivity index (χ4n) is 8.89. The molecule has 0 saturated carbocycles. The normalized spacial score (nSPS) is 19.0. The lowest BCUT2D eigenvalue weighted by molar-refractivity contribution is -0.155. The molecule has 6 bridgehead atoms. The number of amides is 3. The highest BCUT2D eigenvalue weighted by molar-refractivity contribution is 5.96. The van der Waals surface area contributed by atoms with Crippen molar-refractivity contribution in [3.63, 3.8) is 0 Å². The molecule has 2 aliphatic rings. The van der Waals surface area contributed by atoms with E-state index in [1.54, 1.807) is 46.9 Å². The second-order valence-electron chi connectivity index (χ2n) is 19.5. The first-order valence-corrected chi connectivity index (χ1v) is 22.1. The fraction of sp³-hybridized carbons (Fsp3) is 0.531. The predicted molar refractivity (Wildman–Crippen MR) is 240 cm³/mol. The molecule has 14 heteroatoms. The van der Waals surface area contributed by atoms with Gasteiger partial charge in [-0.05, 0) is 111 Å². The standard InChI is InChI=1S/C49H64F2N6O6/c1-12-56-39-18-17-31-25-35(39)36(42(56)34-15-13-19-52-40(34)28(2)3)26-49(9,10)27-62-46(60)37-16-14-20-57(54-37)45(59)38(23-30-21-32(31)24-33(22-30)43(50)51)53-44(58)41(29(4)5)55(11)47(61)63-48(6,7)8/h13,15,17-19,21-22,24-25,28-29,37-38,41,43,54H,12,14,16,20,23,26-27H2,1-11H3,(H,53,58)/t37-,38-,41-/m0/s1. The summed E-state index contributed by atoms with van der Waals surface area (Å²) in [6.07, 6.45) is -0.520. The Labute approximate surface area is 370 Å². The van der Waals surface area contributed by atoms with Crippen LogP contribution in [0.1, 0.15) is 117 Å². The molecule has 2 N–H and O–H groups in total. The summed E-state index contributed by atoms with van der Waals surface area (Å²) in [7, 11) is 1.46. The summed E-state index contributed by atoms with van der Waals surface area (Å²) < 4.78 is 43.7. The number of aromatic nitrogens is 2. The van der Waals surface area contributed by atoms with Crippen LogP contribution in [0.3, 0.4) is 0 Å². The number of carbonyl (C=O) groups is 4. The van der Waals surface area contributed by atoms with Crippen LogP contribution >= 0.6 is 0 Å². The van der Waals surface area contributed by atoms with Gasteiger partial charge in [-0.3, -0.25) is 29.3 Å². The molecule has 2 aromatic carbocycles. The first kappa shape index (κ1) is 47.1. The van der Waals surface area contributed by atoms with Crippen LogP contribution in [0.25, 0.3) is 33.3 Å². The van der Waals surface area contributed by atoms with Gasteiger partial charge in [0, 0.05) is 60.2 Å². The van der Waals surface area contributed by atoms with Gasteiger partial charge >= 0.3 is 12.1 Å². The van der Waals surface area contributed by atoms with Crippen LogP contribution in [-0.2, 0) is 43.2 Å². The molecular weight excluding hydrogens is 807 g/mol. The van der Waals surface area contributed by atoms with E-state index in [1.807, 2.05) is 24.3 Å². The Bertz CT molecular complexity index is 2350. The number of halogens is 2. The predicted octanol–water partition coefficient (Wildman–Crippen LogP) is 8.99. The number of hydrogen-bond donors (Lipinski definition) is 2. The van der Waals surface area contributed by atoms with E-state index in [1.165, 1.54) is 29.1 Å². The Morgan fingerprint density at radius 1 is 1.06 bits per heavy atom. The molecule has 1 saturated heterocycles. The molecule has 0 radical (unpaired) electrons. The van der Waals surface area contributed by atoms with Crippen LogP contribution in [0.2, 0.25) is 0 Å². The maximum absolute atomic E-state index is 14.9. The van der Waals surface area contributed by atoms with Gasteiger partial charge in [-0.15, -0.1) is 0 Å². The van der Waals surface area contributed by atoms with E-state index in [0.29, 0.717) is 42.5 Å². The molecule has 0 unspecified atom stereocenters. The number of benzene rings is 2. The molecule has 63 heavy (non-hydrogen) atoms.